The second kappa shape index (κ2) is 4.03. The monoisotopic (exact) mass is 222 g/mol. The fourth-order valence-corrected chi connectivity index (χ4v) is 1.84. The van der Waals surface area contributed by atoms with Crippen molar-refractivity contribution in [2.75, 3.05) is 0 Å². The van der Waals surface area contributed by atoms with Crippen LogP contribution >= 0.6 is 11.6 Å². The van der Waals surface area contributed by atoms with Gasteiger partial charge in [0.25, 0.3) is 0 Å². The molecule has 0 saturated heterocycles. The highest BCUT2D eigenvalue weighted by atomic mass is 35.5. The summed E-state index contributed by atoms with van der Waals surface area (Å²) < 4.78 is 0. The molecule has 1 amide bonds. The molecule has 1 N–H and O–H groups in total. The minimum absolute atomic E-state index is 0.0347. The van der Waals surface area contributed by atoms with Crippen LogP contribution in [-0.4, -0.2) is 11.6 Å². The molecule has 0 aliphatic carbocycles. The van der Waals surface area contributed by atoms with Gasteiger partial charge in [-0.1, -0.05) is 23.7 Å². The van der Waals surface area contributed by atoms with Crippen LogP contribution < -0.4 is 5.43 Å². The van der Waals surface area contributed by atoms with E-state index in [9.17, 15) is 4.79 Å². The lowest BCUT2D eigenvalue weighted by atomic mass is 9.96. The maximum atomic E-state index is 11.4. The van der Waals surface area contributed by atoms with E-state index in [1.165, 1.54) is 0 Å². The largest absolute Gasteiger partial charge is 0.272 e. The second-order valence-corrected chi connectivity index (χ2v) is 4.05. The minimum Gasteiger partial charge on any atom is -0.272 e. The van der Waals surface area contributed by atoms with Crippen LogP contribution in [-0.2, 0) is 11.2 Å². The van der Waals surface area contributed by atoms with E-state index >= 15 is 0 Å². The Morgan fingerprint density at radius 2 is 2.33 bits per heavy atom. The third-order valence-electron chi connectivity index (χ3n) is 2.49. The number of hydrogen-bond acceptors (Lipinski definition) is 2. The van der Waals surface area contributed by atoms with E-state index in [1.807, 2.05) is 31.2 Å². The normalized spacial score (nSPS) is 20.0. The molecular formula is C11H11ClN2O. The van der Waals surface area contributed by atoms with Crippen molar-refractivity contribution >= 4 is 23.2 Å². The predicted molar refractivity (Wildman–Crippen MR) is 59.9 cm³/mol. The van der Waals surface area contributed by atoms with Crippen LogP contribution in [0.1, 0.15) is 12.5 Å². The molecule has 2 rings (SSSR count). The molecule has 1 heterocycles. The van der Waals surface area contributed by atoms with Crippen molar-refractivity contribution in [1.29, 1.82) is 0 Å². The van der Waals surface area contributed by atoms with Gasteiger partial charge in [0.15, 0.2) is 0 Å². The van der Waals surface area contributed by atoms with Crippen molar-refractivity contribution in [3.63, 3.8) is 0 Å². The van der Waals surface area contributed by atoms with Crippen LogP contribution in [0.5, 0.6) is 0 Å². The summed E-state index contributed by atoms with van der Waals surface area (Å²) in [6.07, 6.45) is 0.654. The van der Waals surface area contributed by atoms with Gasteiger partial charge in [-0.3, -0.25) is 4.79 Å². The van der Waals surface area contributed by atoms with E-state index < -0.39 is 0 Å². The lowest BCUT2D eigenvalue weighted by molar-refractivity contribution is -0.122. The van der Waals surface area contributed by atoms with Crippen molar-refractivity contribution in [2.24, 2.45) is 11.0 Å². The molecule has 0 bridgehead atoms. The molecule has 0 fully saturated rings. The number of benzene rings is 1. The summed E-state index contributed by atoms with van der Waals surface area (Å²) in [4.78, 5) is 11.4. The molecule has 3 nitrogen and oxygen atoms in total. The molecule has 15 heavy (non-hydrogen) atoms. The summed E-state index contributed by atoms with van der Waals surface area (Å²) in [5.74, 6) is -0.184. The van der Waals surface area contributed by atoms with Gasteiger partial charge in [-0.25, -0.2) is 5.43 Å². The SMILES string of the molecule is CC1=NNC(=O)[C@@H]1Cc1cccc(Cl)c1. The smallest absolute Gasteiger partial charge is 0.249 e. The fraction of sp³-hybridized carbons (Fsp3) is 0.273. The van der Waals surface area contributed by atoms with Crippen LogP contribution in [0, 0.1) is 5.92 Å². The number of nitrogens with one attached hydrogen (secondary N) is 1. The summed E-state index contributed by atoms with van der Waals surface area (Å²) in [6.45, 7) is 1.85. The Morgan fingerprint density at radius 1 is 1.53 bits per heavy atom. The van der Waals surface area contributed by atoms with Gasteiger partial charge in [0.2, 0.25) is 5.91 Å². The highest BCUT2D eigenvalue weighted by molar-refractivity contribution is 6.30. The first kappa shape index (κ1) is 10.2. The van der Waals surface area contributed by atoms with Crippen LogP contribution in [0.15, 0.2) is 29.4 Å². The molecule has 78 valence electrons. The Bertz CT molecular complexity index is 428. The molecule has 0 unspecified atom stereocenters. The van der Waals surface area contributed by atoms with Crippen LogP contribution in [0.25, 0.3) is 0 Å². The summed E-state index contributed by atoms with van der Waals surface area (Å²) in [6, 6.07) is 7.54. The Hall–Kier alpha value is -1.35. The second-order valence-electron chi connectivity index (χ2n) is 3.62. The van der Waals surface area contributed by atoms with Crippen molar-refractivity contribution in [2.45, 2.75) is 13.3 Å². The summed E-state index contributed by atoms with van der Waals surface area (Å²) in [5.41, 5.74) is 4.36. The molecule has 1 aliphatic rings. The Kier molecular flexibility index (Phi) is 2.73. The average molecular weight is 223 g/mol. The predicted octanol–water partition coefficient (Wildman–Crippen LogP) is 2.00. The quantitative estimate of drug-likeness (QED) is 0.817. The summed E-state index contributed by atoms with van der Waals surface area (Å²) in [7, 11) is 0. The van der Waals surface area contributed by atoms with E-state index in [0.29, 0.717) is 11.4 Å². The van der Waals surface area contributed by atoms with Gasteiger partial charge in [-0.15, -0.1) is 0 Å². The van der Waals surface area contributed by atoms with E-state index in [-0.39, 0.29) is 11.8 Å². The number of hydrazone groups is 1. The number of halogens is 1. The van der Waals surface area contributed by atoms with E-state index in [0.717, 1.165) is 11.3 Å². The molecule has 0 radical (unpaired) electrons. The van der Waals surface area contributed by atoms with E-state index in [1.54, 1.807) is 0 Å². The number of amides is 1. The zero-order valence-electron chi connectivity index (χ0n) is 8.33. The van der Waals surface area contributed by atoms with Gasteiger partial charge in [-0.05, 0) is 31.0 Å². The summed E-state index contributed by atoms with van der Waals surface area (Å²) >= 11 is 5.87. The topological polar surface area (TPSA) is 41.5 Å². The number of carbonyl (C=O) groups excluding carboxylic acids is 1. The van der Waals surface area contributed by atoms with Crippen molar-refractivity contribution in [1.82, 2.24) is 5.43 Å². The highest BCUT2D eigenvalue weighted by Crippen LogP contribution is 2.17. The zero-order chi connectivity index (χ0) is 10.8. The molecule has 1 aromatic rings. The van der Waals surface area contributed by atoms with Gasteiger partial charge < -0.3 is 0 Å². The zero-order valence-corrected chi connectivity index (χ0v) is 9.08. The van der Waals surface area contributed by atoms with Crippen LogP contribution in [0.3, 0.4) is 0 Å². The van der Waals surface area contributed by atoms with Crippen molar-refractivity contribution in [3.05, 3.63) is 34.9 Å². The highest BCUT2D eigenvalue weighted by Gasteiger charge is 2.26. The lowest BCUT2D eigenvalue weighted by Crippen LogP contribution is -2.24. The molecule has 1 aromatic carbocycles. The molecule has 0 saturated carbocycles. The molecule has 0 aromatic heterocycles. The maximum absolute atomic E-state index is 11.4. The van der Waals surface area contributed by atoms with Gasteiger partial charge in [0.1, 0.15) is 0 Å². The Balaban J connectivity index is 2.15. The van der Waals surface area contributed by atoms with Crippen LogP contribution in [0.4, 0.5) is 0 Å². The maximum Gasteiger partial charge on any atom is 0.249 e. The first-order chi connectivity index (χ1) is 7.16. The van der Waals surface area contributed by atoms with Crippen molar-refractivity contribution in [3.8, 4) is 0 Å². The Labute approximate surface area is 93.1 Å². The fourth-order valence-electron chi connectivity index (χ4n) is 1.63. The standard InChI is InChI=1S/C11H11ClN2O/c1-7-10(11(15)14-13-7)6-8-3-2-4-9(12)5-8/h2-5,10H,6H2,1H3,(H,14,15)/t10-/m1/s1. The van der Waals surface area contributed by atoms with Crippen LogP contribution in [0.2, 0.25) is 5.02 Å². The average Bonchev–Trinajstić information content (AvgIpc) is 2.50. The molecule has 4 heteroatoms. The Morgan fingerprint density at radius 3 is 2.93 bits per heavy atom. The van der Waals surface area contributed by atoms with E-state index in [4.69, 9.17) is 11.6 Å². The summed E-state index contributed by atoms with van der Waals surface area (Å²) in [5, 5.41) is 4.60. The number of nitrogens with zero attached hydrogens (tertiary/aromatic N) is 1. The third kappa shape index (κ3) is 2.18. The van der Waals surface area contributed by atoms with Crippen molar-refractivity contribution < 1.29 is 4.79 Å². The van der Waals surface area contributed by atoms with E-state index in [2.05, 4.69) is 10.5 Å². The van der Waals surface area contributed by atoms with Gasteiger partial charge in [0, 0.05) is 10.7 Å². The molecule has 1 atom stereocenters. The molecular weight excluding hydrogens is 212 g/mol. The van der Waals surface area contributed by atoms with Gasteiger partial charge in [-0.2, -0.15) is 5.10 Å². The molecule has 0 spiro atoms. The first-order valence-electron chi connectivity index (χ1n) is 4.75. The molecule has 1 aliphatic heterocycles. The third-order valence-corrected chi connectivity index (χ3v) is 2.73. The van der Waals surface area contributed by atoms with Gasteiger partial charge >= 0.3 is 0 Å². The number of hydrogen-bond donors (Lipinski definition) is 1. The number of rotatable bonds is 2. The first-order valence-corrected chi connectivity index (χ1v) is 5.13. The minimum atomic E-state index is -0.150. The van der Waals surface area contributed by atoms with Gasteiger partial charge in [0.05, 0.1) is 5.92 Å². The number of carbonyl (C=O) groups is 1. The lowest BCUT2D eigenvalue weighted by Gasteiger charge is -2.07.